The van der Waals surface area contributed by atoms with E-state index in [2.05, 4.69) is 131 Å². The molecular formula is C51H35N5O. The molecule has 270 valence electrons. The van der Waals surface area contributed by atoms with Crippen molar-refractivity contribution >= 4 is 56.1 Å². The Morgan fingerprint density at radius 1 is 0.316 bits per heavy atom. The lowest BCUT2D eigenvalue weighted by molar-refractivity contribution is 0.669. The average molecular weight is 734 g/mol. The summed E-state index contributed by atoms with van der Waals surface area (Å²) in [4.78, 5) is 19.4. The van der Waals surface area contributed by atoms with E-state index in [1.807, 2.05) is 91.0 Å². The van der Waals surface area contributed by atoms with Crippen molar-refractivity contribution in [2.75, 3.05) is 9.80 Å². The molecule has 0 aliphatic heterocycles. The highest BCUT2D eigenvalue weighted by molar-refractivity contribution is 6.14. The van der Waals surface area contributed by atoms with Crippen LogP contribution in [0.15, 0.2) is 217 Å². The smallest absolute Gasteiger partial charge is 0.164 e. The van der Waals surface area contributed by atoms with Gasteiger partial charge >= 0.3 is 0 Å². The number of para-hydroxylation sites is 3. The Kier molecular flexibility index (Phi) is 8.74. The van der Waals surface area contributed by atoms with Gasteiger partial charge in [-0.2, -0.15) is 0 Å². The summed E-state index contributed by atoms with van der Waals surface area (Å²) in [6.45, 7) is 0. The Bertz CT molecular complexity index is 2840. The summed E-state index contributed by atoms with van der Waals surface area (Å²) in [6.07, 6.45) is 0. The van der Waals surface area contributed by atoms with E-state index in [0.29, 0.717) is 17.5 Å². The summed E-state index contributed by atoms with van der Waals surface area (Å²) in [6, 6.07) is 72.7. The van der Waals surface area contributed by atoms with Gasteiger partial charge in [-0.1, -0.05) is 127 Å². The summed E-state index contributed by atoms with van der Waals surface area (Å²) in [5.41, 5.74) is 10.6. The minimum Gasteiger partial charge on any atom is -0.456 e. The molecule has 0 aliphatic carbocycles. The topological polar surface area (TPSA) is 58.3 Å². The predicted molar refractivity (Wildman–Crippen MR) is 233 cm³/mol. The SMILES string of the molecule is c1ccc(-c2nc(-c3ccccc3)nc(-c3ccc4c(c3)oc3cccc(N(c5ccccc5)c5ccc(N(c6ccccc6)c6ccccc6)cc5)c34)n2)cc1. The standard InChI is InChI=1S/C51H35N5O/c1-6-17-36(18-7-1)49-52-50(37-19-8-2-9-20-37)54-51(53-49)38-29-34-44-47(35-38)57-46-28-16-27-45(48(44)46)56(41-25-14-5-15-26-41)43-32-30-42(31-33-43)55(39-21-10-3-11-22-39)40-23-12-4-13-24-40/h1-35H. The summed E-state index contributed by atoms with van der Waals surface area (Å²) in [5.74, 6) is 1.81. The molecule has 0 atom stereocenters. The maximum atomic E-state index is 6.65. The monoisotopic (exact) mass is 733 g/mol. The number of aromatic nitrogens is 3. The van der Waals surface area contributed by atoms with Gasteiger partial charge in [-0.05, 0) is 84.9 Å². The number of hydrogen-bond acceptors (Lipinski definition) is 6. The molecule has 8 aromatic carbocycles. The molecule has 6 nitrogen and oxygen atoms in total. The molecule has 10 aromatic rings. The molecule has 2 heterocycles. The highest BCUT2D eigenvalue weighted by Crippen LogP contribution is 2.44. The Balaban J connectivity index is 1.08. The first-order valence-corrected chi connectivity index (χ1v) is 18.9. The molecule has 0 spiro atoms. The second-order valence-electron chi connectivity index (χ2n) is 13.7. The third-order valence-electron chi connectivity index (χ3n) is 10.1. The third-order valence-corrected chi connectivity index (χ3v) is 10.1. The van der Waals surface area contributed by atoms with E-state index < -0.39 is 0 Å². The summed E-state index contributed by atoms with van der Waals surface area (Å²) < 4.78 is 6.65. The molecule has 10 rings (SSSR count). The lowest BCUT2D eigenvalue weighted by atomic mass is 10.1. The van der Waals surface area contributed by atoms with Crippen molar-refractivity contribution in [3.05, 3.63) is 212 Å². The van der Waals surface area contributed by atoms with Gasteiger partial charge in [0.15, 0.2) is 17.5 Å². The molecule has 2 aromatic heterocycles. The van der Waals surface area contributed by atoms with Crippen molar-refractivity contribution in [3.63, 3.8) is 0 Å². The highest BCUT2D eigenvalue weighted by Gasteiger charge is 2.21. The van der Waals surface area contributed by atoms with Crippen LogP contribution in [0.5, 0.6) is 0 Å². The predicted octanol–water partition coefficient (Wildman–Crippen LogP) is 13.7. The largest absolute Gasteiger partial charge is 0.456 e. The fourth-order valence-electron chi connectivity index (χ4n) is 7.43. The van der Waals surface area contributed by atoms with Crippen LogP contribution in [-0.2, 0) is 0 Å². The van der Waals surface area contributed by atoms with Crippen molar-refractivity contribution in [1.29, 1.82) is 0 Å². The van der Waals surface area contributed by atoms with Gasteiger partial charge in [0.1, 0.15) is 11.2 Å². The van der Waals surface area contributed by atoms with E-state index in [1.54, 1.807) is 0 Å². The minimum absolute atomic E-state index is 0.580. The molecule has 0 saturated heterocycles. The van der Waals surface area contributed by atoms with Crippen molar-refractivity contribution in [2.24, 2.45) is 0 Å². The van der Waals surface area contributed by atoms with Gasteiger partial charge in [0, 0.05) is 50.5 Å². The molecule has 0 aliphatic rings. The number of hydrogen-bond donors (Lipinski definition) is 0. The van der Waals surface area contributed by atoms with E-state index >= 15 is 0 Å². The minimum atomic E-state index is 0.580. The lowest BCUT2D eigenvalue weighted by Gasteiger charge is -2.28. The first-order chi connectivity index (χ1) is 28.3. The molecule has 0 bridgehead atoms. The van der Waals surface area contributed by atoms with Crippen molar-refractivity contribution in [3.8, 4) is 34.2 Å². The summed E-state index contributed by atoms with van der Waals surface area (Å²) in [5, 5.41) is 2.02. The van der Waals surface area contributed by atoms with Gasteiger partial charge in [0.25, 0.3) is 0 Å². The Hall–Kier alpha value is -7.83. The van der Waals surface area contributed by atoms with Crippen LogP contribution in [0.3, 0.4) is 0 Å². The van der Waals surface area contributed by atoms with E-state index in [-0.39, 0.29) is 0 Å². The zero-order valence-electron chi connectivity index (χ0n) is 30.9. The Morgan fingerprint density at radius 2 is 0.737 bits per heavy atom. The van der Waals surface area contributed by atoms with Gasteiger partial charge in [-0.3, -0.25) is 0 Å². The normalized spacial score (nSPS) is 11.2. The second-order valence-corrected chi connectivity index (χ2v) is 13.7. The van der Waals surface area contributed by atoms with Crippen LogP contribution < -0.4 is 9.80 Å². The van der Waals surface area contributed by atoms with Crippen LogP contribution in [0.25, 0.3) is 56.1 Å². The molecule has 0 unspecified atom stereocenters. The first kappa shape index (κ1) is 33.7. The highest BCUT2D eigenvalue weighted by atomic mass is 16.3. The van der Waals surface area contributed by atoms with Gasteiger partial charge < -0.3 is 14.2 Å². The van der Waals surface area contributed by atoms with Crippen molar-refractivity contribution in [1.82, 2.24) is 15.0 Å². The van der Waals surface area contributed by atoms with Crippen molar-refractivity contribution < 1.29 is 4.42 Å². The number of nitrogens with zero attached hydrogens (tertiary/aromatic N) is 5. The summed E-state index contributed by atoms with van der Waals surface area (Å²) >= 11 is 0. The van der Waals surface area contributed by atoms with Crippen LogP contribution in [0, 0.1) is 0 Å². The lowest BCUT2D eigenvalue weighted by Crippen LogP contribution is -2.12. The molecule has 0 saturated carbocycles. The molecule has 57 heavy (non-hydrogen) atoms. The van der Waals surface area contributed by atoms with E-state index in [9.17, 15) is 0 Å². The summed E-state index contributed by atoms with van der Waals surface area (Å²) in [7, 11) is 0. The van der Waals surface area contributed by atoms with Crippen LogP contribution in [0.2, 0.25) is 0 Å². The fraction of sp³-hybridized carbons (Fsp3) is 0. The third kappa shape index (κ3) is 6.55. The quantitative estimate of drug-likeness (QED) is 0.147. The van der Waals surface area contributed by atoms with Crippen molar-refractivity contribution in [2.45, 2.75) is 0 Å². The molecule has 0 fully saturated rings. The Labute approximate surface area is 330 Å². The van der Waals surface area contributed by atoms with Crippen LogP contribution in [0.4, 0.5) is 34.1 Å². The zero-order chi connectivity index (χ0) is 38.0. The second kappa shape index (κ2) is 14.8. The van der Waals surface area contributed by atoms with E-state index in [4.69, 9.17) is 19.4 Å². The molecule has 0 N–H and O–H groups in total. The Morgan fingerprint density at radius 3 is 1.25 bits per heavy atom. The number of rotatable bonds is 9. The molecule has 6 heteroatoms. The number of furan rings is 1. The van der Waals surface area contributed by atoms with Crippen LogP contribution in [-0.4, -0.2) is 15.0 Å². The fourth-order valence-corrected chi connectivity index (χ4v) is 7.43. The first-order valence-electron chi connectivity index (χ1n) is 18.9. The maximum Gasteiger partial charge on any atom is 0.164 e. The van der Waals surface area contributed by atoms with Gasteiger partial charge in [0.05, 0.1) is 11.1 Å². The number of anilines is 6. The molecule has 0 radical (unpaired) electrons. The maximum absolute atomic E-state index is 6.65. The molecule has 0 amide bonds. The van der Waals surface area contributed by atoms with Gasteiger partial charge in [0.2, 0.25) is 0 Å². The van der Waals surface area contributed by atoms with Crippen LogP contribution >= 0.6 is 0 Å². The average Bonchev–Trinajstić information content (AvgIpc) is 3.67. The van der Waals surface area contributed by atoms with E-state index in [0.717, 1.165) is 72.8 Å². The number of fused-ring (bicyclic) bond motifs is 3. The van der Waals surface area contributed by atoms with E-state index in [1.165, 1.54) is 0 Å². The van der Waals surface area contributed by atoms with Gasteiger partial charge in [-0.25, -0.2) is 15.0 Å². The van der Waals surface area contributed by atoms with Crippen LogP contribution in [0.1, 0.15) is 0 Å². The zero-order valence-corrected chi connectivity index (χ0v) is 30.9. The van der Waals surface area contributed by atoms with Gasteiger partial charge in [-0.15, -0.1) is 0 Å². The molecular weight excluding hydrogens is 699 g/mol. The number of benzene rings is 8.